The summed E-state index contributed by atoms with van der Waals surface area (Å²) in [4.78, 5) is 11.2. The van der Waals surface area contributed by atoms with Crippen molar-refractivity contribution in [2.45, 2.75) is 6.42 Å². The highest BCUT2D eigenvalue weighted by Gasteiger charge is 2.36. The number of carbonyl (C=O) groups excluding carboxylic acids is 1. The lowest BCUT2D eigenvalue weighted by atomic mass is 9.84. The van der Waals surface area contributed by atoms with Gasteiger partial charge in [-0.25, -0.2) is 0 Å². The molecule has 3 N–H and O–H groups in total. The van der Waals surface area contributed by atoms with Crippen LogP contribution in [0.2, 0.25) is 0 Å². The predicted octanol–water partition coefficient (Wildman–Crippen LogP) is -0.452. The SMILES string of the molecule is N#CCC(C(N)=S)C1CNC1=O. The van der Waals surface area contributed by atoms with E-state index in [1.807, 2.05) is 6.07 Å². The molecule has 0 aliphatic carbocycles. The summed E-state index contributed by atoms with van der Waals surface area (Å²) < 4.78 is 0. The van der Waals surface area contributed by atoms with Crippen molar-refractivity contribution < 1.29 is 4.79 Å². The third-order valence-electron chi connectivity index (χ3n) is 2.00. The molecule has 0 aromatic rings. The number of nitriles is 1. The number of nitrogens with zero attached hydrogens (tertiary/aromatic N) is 1. The summed E-state index contributed by atoms with van der Waals surface area (Å²) >= 11 is 4.76. The van der Waals surface area contributed by atoms with Crippen molar-refractivity contribution in [3.05, 3.63) is 0 Å². The molecule has 2 unspecified atom stereocenters. The summed E-state index contributed by atoms with van der Waals surface area (Å²) in [5.41, 5.74) is 5.40. The van der Waals surface area contributed by atoms with Gasteiger partial charge < -0.3 is 11.1 Å². The summed E-state index contributed by atoms with van der Waals surface area (Å²) in [6.45, 7) is 0.586. The van der Waals surface area contributed by atoms with Crippen LogP contribution >= 0.6 is 12.2 Å². The van der Waals surface area contributed by atoms with Gasteiger partial charge in [-0.2, -0.15) is 5.26 Å². The first-order valence-electron chi connectivity index (χ1n) is 3.60. The van der Waals surface area contributed by atoms with Crippen LogP contribution in [0.25, 0.3) is 0 Å². The lowest BCUT2D eigenvalue weighted by Gasteiger charge is -2.31. The molecule has 12 heavy (non-hydrogen) atoms. The van der Waals surface area contributed by atoms with Crippen LogP contribution in [0.15, 0.2) is 0 Å². The van der Waals surface area contributed by atoms with Gasteiger partial charge in [-0.15, -0.1) is 0 Å². The van der Waals surface area contributed by atoms with Crippen molar-refractivity contribution in [1.29, 1.82) is 5.26 Å². The lowest BCUT2D eigenvalue weighted by Crippen LogP contribution is -2.54. The molecule has 1 fully saturated rings. The molecule has 1 heterocycles. The van der Waals surface area contributed by atoms with Gasteiger partial charge in [0.05, 0.1) is 17.0 Å². The molecule has 0 radical (unpaired) electrons. The van der Waals surface area contributed by atoms with Gasteiger partial charge in [-0.3, -0.25) is 4.79 Å². The molecule has 1 rings (SSSR count). The first-order chi connectivity index (χ1) is 5.66. The van der Waals surface area contributed by atoms with Crippen LogP contribution in [0.3, 0.4) is 0 Å². The summed E-state index contributed by atoms with van der Waals surface area (Å²) in [5, 5.41) is 11.0. The number of carbonyl (C=O) groups is 1. The Balaban J connectivity index is 2.60. The van der Waals surface area contributed by atoms with Crippen molar-refractivity contribution in [1.82, 2.24) is 5.32 Å². The van der Waals surface area contributed by atoms with Crippen LogP contribution in [0, 0.1) is 23.2 Å². The van der Waals surface area contributed by atoms with Crippen molar-refractivity contribution in [2.24, 2.45) is 17.6 Å². The molecule has 4 nitrogen and oxygen atoms in total. The highest BCUT2D eigenvalue weighted by atomic mass is 32.1. The Labute approximate surface area is 75.7 Å². The Bertz CT molecular complexity index is 258. The first kappa shape index (κ1) is 8.94. The van der Waals surface area contributed by atoms with Crippen LogP contribution in [-0.2, 0) is 4.79 Å². The average Bonchev–Trinajstić information content (AvgIpc) is 2.01. The average molecular weight is 183 g/mol. The smallest absolute Gasteiger partial charge is 0.225 e. The van der Waals surface area contributed by atoms with E-state index in [1.165, 1.54) is 0 Å². The zero-order chi connectivity index (χ0) is 9.14. The Morgan fingerprint density at radius 3 is 2.92 bits per heavy atom. The van der Waals surface area contributed by atoms with Gasteiger partial charge in [0.1, 0.15) is 0 Å². The minimum atomic E-state index is -0.251. The van der Waals surface area contributed by atoms with Crippen LogP contribution in [-0.4, -0.2) is 17.4 Å². The number of nitrogens with two attached hydrogens (primary N) is 1. The molecule has 0 saturated carbocycles. The van der Waals surface area contributed by atoms with Gasteiger partial charge in [0, 0.05) is 18.9 Å². The molecular weight excluding hydrogens is 174 g/mol. The fourth-order valence-corrected chi connectivity index (χ4v) is 1.42. The highest BCUT2D eigenvalue weighted by molar-refractivity contribution is 7.80. The third kappa shape index (κ3) is 1.53. The molecule has 1 saturated heterocycles. The molecule has 0 aromatic heterocycles. The third-order valence-corrected chi connectivity index (χ3v) is 2.30. The van der Waals surface area contributed by atoms with Gasteiger partial charge in [-0.1, -0.05) is 12.2 Å². The maximum absolute atomic E-state index is 10.9. The Kier molecular flexibility index (Phi) is 2.61. The summed E-state index contributed by atoms with van der Waals surface area (Å²) in [6.07, 6.45) is 0.230. The van der Waals surface area contributed by atoms with E-state index in [0.29, 0.717) is 6.54 Å². The predicted molar refractivity (Wildman–Crippen MR) is 47.0 cm³/mol. The molecule has 1 aliphatic rings. The number of β-lactam (4-membered cyclic amide) rings is 1. The fraction of sp³-hybridized carbons (Fsp3) is 0.571. The van der Waals surface area contributed by atoms with E-state index in [9.17, 15) is 4.79 Å². The van der Waals surface area contributed by atoms with Gasteiger partial charge in [0.25, 0.3) is 0 Å². The van der Waals surface area contributed by atoms with Gasteiger partial charge in [0.2, 0.25) is 5.91 Å². The lowest BCUT2D eigenvalue weighted by molar-refractivity contribution is -0.132. The second-order valence-corrected chi connectivity index (χ2v) is 3.19. The maximum atomic E-state index is 10.9. The standard InChI is InChI=1S/C7H9N3OS/c8-2-1-4(6(9)12)5-3-10-7(5)11/h4-5H,1,3H2,(H2,9,12)(H,10,11). The molecule has 0 aromatic carbocycles. The quantitative estimate of drug-likeness (QED) is 0.459. The van der Waals surface area contributed by atoms with E-state index in [-0.39, 0.29) is 29.2 Å². The Morgan fingerprint density at radius 2 is 2.67 bits per heavy atom. The second-order valence-electron chi connectivity index (χ2n) is 2.72. The van der Waals surface area contributed by atoms with Crippen molar-refractivity contribution >= 4 is 23.1 Å². The molecule has 1 aliphatic heterocycles. The van der Waals surface area contributed by atoms with E-state index < -0.39 is 0 Å². The zero-order valence-corrected chi connectivity index (χ0v) is 7.23. The topological polar surface area (TPSA) is 78.9 Å². The van der Waals surface area contributed by atoms with Crippen molar-refractivity contribution in [2.75, 3.05) is 6.54 Å². The number of hydrogen-bond acceptors (Lipinski definition) is 3. The molecular formula is C7H9N3OS. The number of amides is 1. The van der Waals surface area contributed by atoms with E-state index >= 15 is 0 Å². The van der Waals surface area contributed by atoms with Crippen molar-refractivity contribution in [3.8, 4) is 6.07 Å². The van der Waals surface area contributed by atoms with Crippen LogP contribution in [0.1, 0.15) is 6.42 Å². The minimum Gasteiger partial charge on any atom is -0.393 e. The minimum absolute atomic E-state index is 0.0527. The van der Waals surface area contributed by atoms with Crippen LogP contribution in [0.4, 0.5) is 0 Å². The number of rotatable bonds is 3. The first-order valence-corrected chi connectivity index (χ1v) is 4.01. The summed E-state index contributed by atoms with van der Waals surface area (Å²) in [5.74, 6) is -0.482. The van der Waals surface area contributed by atoms with E-state index in [2.05, 4.69) is 5.32 Å². The molecule has 0 spiro atoms. The molecule has 1 amide bonds. The molecule has 5 heteroatoms. The fourth-order valence-electron chi connectivity index (χ4n) is 1.17. The molecule has 64 valence electrons. The van der Waals surface area contributed by atoms with Gasteiger partial charge in [-0.05, 0) is 0 Å². The van der Waals surface area contributed by atoms with Crippen LogP contribution in [0.5, 0.6) is 0 Å². The highest BCUT2D eigenvalue weighted by Crippen LogP contribution is 2.20. The zero-order valence-electron chi connectivity index (χ0n) is 6.41. The summed E-state index contributed by atoms with van der Waals surface area (Å²) in [7, 11) is 0. The number of nitrogens with one attached hydrogen (secondary N) is 1. The number of hydrogen-bond donors (Lipinski definition) is 2. The molecule has 0 bridgehead atoms. The Hall–Kier alpha value is -1.15. The number of thiocarbonyl (C=S) groups is 1. The monoisotopic (exact) mass is 183 g/mol. The summed E-state index contributed by atoms with van der Waals surface area (Å²) in [6, 6.07) is 1.97. The molecule has 2 atom stereocenters. The van der Waals surface area contributed by atoms with E-state index in [4.69, 9.17) is 23.2 Å². The van der Waals surface area contributed by atoms with E-state index in [0.717, 1.165) is 0 Å². The normalized spacial score (nSPS) is 23.2. The largest absolute Gasteiger partial charge is 0.393 e. The van der Waals surface area contributed by atoms with Gasteiger partial charge in [0.15, 0.2) is 0 Å². The van der Waals surface area contributed by atoms with Gasteiger partial charge >= 0.3 is 0 Å². The van der Waals surface area contributed by atoms with E-state index in [1.54, 1.807) is 0 Å². The Morgan fingerprint density at radius 1 is 2.00 bits per heavy atom. The maximum Gasteiger partial charge on any atom is 0.225 e. The van der Waals surface area contributed by atoms with Crippen LogP contribution < -0.4 is 11.1 Å². The second kappa shape index (κ2) is 3.50. The van der Waals surface area contributed by atoms with Crippen molar-refractivity contribution in [3.63, 3.8) is 0 Å².